The number of amides is 1. The van der Waals surface area contributed by atoms with Gasteiger partial charge in [-0.05, 0) is 58.8 Å². The van der Waals surface area contributed by atoms with Crippen molar-refractivity contribution in [2.75, 3.05) is 51.0 Å². The summed E-state index contributed by atoms with van der Waals surface area (Å²) in [7, 11) is 3.98. The number of carboxylic acids is 1. The van der Waals surface area contributed by atoms with Crippen molar-refractivity contribution in [1.82, 2.24) is 19.8 Å². The smallest absolute Gasteiger partial charge is 0.490 e. The Labute approximate surface area is 260 Å². The molecule has 0 fully saturated rings. The first kappa shape index (κ1) is 36.6. The first-order chi connectivity index (χ1) is 21.1. The van der Waals surface area contributed by atoms with Gasteiger partial charge in [-0.15, -0.1) is 0 Å². The monoisotopic (exact) mass is 634 g/mol. The predicted molar refractivity (Wildman–Crippen MR) is 167 cm³/mol. The Balaban J connectivity index is 0.000000365. The largest absolute Gasteiger partial charge is 0.508 e. The Bertz CT molecular complexity index is 1460. The van der Waals surface area contributed by atoms with E-state index in [0.717, 1.165) is 53.8 Å². The molecule has 1 aliphatic heterocycles. The number of halogens is 3. The fourth-order valence-electron chi connectivity index (χ4n) is 4.49. The number of nitrogens with two attached hydrogens (primary N) is 1. The lowest BCUT2D eigenvalue weighted by atomic mass is 9.97. The number of benzene rings is 2. The zero-order valence-corrected chi connectivity index (χ0v) is 26.1. The average Bonchev–Trinajstić information content (AvgIpc) is 2.97. The van der Waals surface area contributed by atoms with Crippen LogP contribution in [0.1, 0.15) is 32.0 Å². The van der Waals surface area contributed by atoms with E-state index < -0.39 is 12.1 Å². The minimum Gasteiger partial charge on any atom is -0.508 e. The lowest BCUT2D eigenvalue weighted by molar-refractivity contribution is -0.192. The van der Waals surface area contributed by atoms with E-state index >= 15 is 0 Å². The van der Waals surface area contributed by atoms with Crippen molar-refractivity contribution in [3.05, 3.63) is 60.3 Å². The normalized spacial score (nSPS) is 14.0. The molecule has 0 aliphatic carbocycles. The fraction of sp³-hybridized carbons (Fsp3) is 0.419. The number of carboxylic acid groups (broad SMARTS) is 1. The number of carbonyl (C=O) groups is 2. The summed E-state index contributed by atoms with van der Waals surface area (Å²) in [6.07, 6.45) is -3.00. The van der Waals surface area contributed by atoms with Crippen molar-refractivity contribution in [3.8, 4) is 11.8 Å². The lowest BCUT2D eigenvalue weighted by Gasteiger charge is -2.37. The van der Waals surface area contributed by atoms with Gasteiger partial charge in [0.2, 0.25) is 5.91 Å². The van der Waals surface area contributed by atoms with E-state index in [1.807, 2.05) is 57.1 Å². The summed E-state index contributed by atoms with van der Waals surface area (Å²) in [6, 6.07) is 12.2. The van der Waals surface area contributed by atoms with Crippen LogP contribution in [0.2, 0.25) is 0 Å². The Morgan fingerprint density at radius 2 is 1.80 bits per heavy atom. The molecule has 1 amide bonds. The van der Waals surface area contributed by atoms with Gasteiger partial charge in [-0.3, -0.25) is 4.79 Å². The van der Waals surface area contributed by atoms with Gasteiger partial charge in [0.25, 0.3) is 0 Å². The van der Waals surface area contributed by atoms with E-state index in [0.29, 0.717) is 25.0 Å². The van der Waals surface area contributed by atoms with Crippen LogP contribution in [0.3, 0.4) is 0 Å². The molecule has 1 aliphatic rings. The quantitative estimate of drug-likeness (QED) is 0.303. The number of hydrogen-bond acceptors (Lipinski definition) is 9. The molecule has 45 heavy (non-hydrogen) atoms. The van der Waals surface area contributed by atoms with Crippen LogP contribution in [-0.2, 0) is 22.6 Å². The second-order valence-corrected chi connectivity index (χ2v) is 10.4. The SMILES string of the molecule is C=CC(=O)N(CC)CC.CC1Cc2c(N)nc(OCCN(C)C)nc2CN1c1cc(O)cc2ccccc12.O=C(O)C(F)(F)F. The molecule has 3 aromatic rings. The summed E-state index contributed by atoms with van der Waals surface area (Å²) >= 11 is 0. The number of aromatic nitrogens is 2. The number of nitrogens with zero attached hydrogens (tertiary/aromatic N) is 5. The van der Waals surface area contributed by atoms with Crippen molar-refractivity contribution in [1.29, 1.82) is 0 Å². The standard InChI is InChI=1S/C22H27N5O2.C7H13NO.C2HF3O2/c1-14-10-18-19(24-22(25-21(18)23)29-9-8-26(2)3)13-27(14)20-12-16(28)11-15-6-4-5-7-17(15)20;1-4-7(9)8(5-2)6-3;3-2(4,5)1(6)7/h4-7,11-12,14,28H,8-10,13H2,1-3H3,(H2,23,24,25);4H,1,5-6H2,2-3H3;(H,6,7). The third kappa shape index (κ3) is 10.5. The number of ether oxygens (including phenoxy) is 1. The van der Waals surface area contributed by atoms with Gasteiger partial charge in [0.15, 0.2) is 0 Å². The first-order valence-corrected chi connectivity index (χ1v) is 14.2. The summed E-state index contributed by atoms with van der Waals surface area (Å²) in [4.78, 5) is 34.7. The molecule has 1 aromatic heterocycles. The van der Waals surface area contributed by atoms with Crippen LogP contribution in [0.25, 0.3) is 10.8 Å². The number of rotatable bonds is 8. The molecule has 14 heteroatoms. The topological polar surface area (TPSA) is 145 Å². The fourth-order valence-corrected chi connectivity index (χ4v) is 4.49. The Morgan fingerprint density at radius 3 is 2.33 bits per heavy atom. The van der Waals surface area contributed by atoms with Gasteiger partial charge >= 0.3 is 18.2 Å². The average molecular weight is 635 g/mol. The molecule has 246 valence electrons. The van der Waals surface area contributed by atoms with Gasteiger partial charge in [-0.2, -0.15) is 23.1 Å². The van der Waals surface area contributed by atoms with Crippen molar-refractivity contribution < 1.29 is 37.7 Å². The summed E-state index contributed by atoms with van der Waals surface area (Å²) in [5, 5.41) is 19.5. The number of carbonyl (C=O) groups excluding carboxylic acids is 1. The highest BCUT2D eigenvalue weighted by atomic mass is 19.4. The van der Waals surface area contributed by atoms with E-state index in [1.54, 1.807) is 11.0 Å². The van der Waals surface area contributed by atoms with Gasteiger partial charge in [0, 0.05) is 48.4 Å². The Kier molecular flexibility index (Phi) is 13.4. The summed E-state index contributed by atoms with van der Waals surface area (Å²) in [5.74, 6) is -2.00. The highest BCUT2D eigenvalue weighted by Gasteiger charge is 2.38. The number of aromatic hydroxyl groups is 1. The maximum Gasteiger partial charge on any atom is 0.490 e. The molecule has 4 rings (SSSR count). The van der Waals surface area contributed by atoms with E-state index in [4.69, 9.17) is 20.4 Å². The van der Waals surface area contributed by atoms with E-state index in [-0.39, 0.29) is 17.7 Å². The molecule has 2 aromatic carbocycles. The van der Waals surface area contributed by atoms with Crippen LogP contribution in [0.15, 0.2) is 49.1 Å². The number of nitrogen functional groups attached to an aromatic ring is 1. The number of aliphatic carboxylic acids is 1. The molecule has 0 saturated heterocycles. The Hall–Kier alpha value is -4.59. The van der Waals surface area contributed by atoms with Crippen LogP contribution in [-0.4, -0.2) is 94.4 Å². The number of hydrogen-bond donors (Lipinski definition) is 3. The minimum atomic E-state index is -5.08. The number of phenols is 1. The number of likely N-dealkylation sites (N-methyl/N-ethyl adjacent to an activating group) is 2. The van der Waals surface area contributed by atoms with Gasteiger partial charge in [-0.25, -0.2) is 4.79 Å². The zero-order chi connectivity index (χ0) is 33.9. The molecule has 0 bridgehead atoms. The van der Waals surface area contributed by atoms with Crippen LogP contribution in [0, 0.1) is 0 Å². The molecule has 11 nitrogen and oxygen atoms in total. The highest BCUT2D eigenvalue weighted by Crippen LogP contribution is 2.37. The third-order valence-corrected chi connectivity index (χ3v) is 6.85. The maximum absolute atomic E-state index is 10.8. The van der Waals surface area contributed by atoms with Crippen LogP contribution in [0.5, 0.6) is 11.8 Å². The molecule has 2 heterocycles. The molecule has 1 atom stereocenters. The van der Waals surface area contributed by atoms with E-state index in [2.05, 4.69) is 34.4 Å². The van der Waals surface area contributed by atoms with Crippen LogP contribution in [0.4, 0.5) is 24.7 Å². The third-order valence-electron chi connectivity index (χ3n) is 6.85. The summed E-state index contributed by atoms with van der Waals surface area (Å²) in [6.45, 7) is 12.8. The van der Waals surface area contributed by atoms with Crippen molar-refractivity contribution in [2.24, 2.45) is 0 Å². The maximum atomic E-state index is 10.8. The van der Waals surface area contributed by atoms with Gasteiger partial charge in [0.1, 0.15) is 18.2 Å². The van der Waals surface area contributed by atoms with Crippen molar-refractivity contribution in [2.45, 2.75) is 46.0 Å². The molecule has 0 spiro atoms. The van der Waals surface area contributed by atoms with Crippen molar-refractivity contribution >= 4 is 34.2 Å². The lowest BCUT2D eigenvalue weighted by Crippen LogP contribution is -2.39. The highest BCUT2D eigenvalue weighted by molar-refractivity contribution is 5.96. The summed E-state index contributed by atoms with van der Waals surface area (Å²) in [5.41, 5.74) is 9.09. The van der Waals surface area contributed by atoms with Gasteiger partial charge in [0.05, 0.1) is 12.2 Å². The Morgan fingerprint density at radius 1 is 1.18 bits per heavy atom. The van der Waals surface area contributed by atoms with Gasteiger partial charge < -0.3 is 35.4 Å². The zero-order valence-electron chi connectivity index (χ0n) is 26.1. The second kappa shape index (κ2) is 16.5. The summed E-state index contributed by atoms with van der Waals surface area (Å²) < 4.78 is 37.5. The van der Waals surface area contributed by atoms with Crippen LogP contribution < -0.4 is 15.4 Å². The molecular weight excluding hydrogens is 593 g/mol. The number of anilines is 2. The number of phenolic OH excluding ortho intramolecular Hbond substituents is 1. The number of alkyl halides is 3. The number of fused-ring (bicyclic) bond motifs is 2. The predicted octanol–water partition coefficient (Wildman–Crippen LogP) is 4.48. The molecule has 0 saturated carbocycles. The van der Waals surface area contributed by atoms with Gasteiger partial charge in [-0.1, -0.05) is 30.8 Å². The molecular formula is C31H41F3N6O5. The van der Waals surface area contributed by atoms with E-state index in [1.165, 1.54) is 6.08 Å². The second-order valence-electron chi connectivity index (χ2n) is 10.4. The molecule has 1 unspecified atom stereocenters. The molecule has 0 radical (unpaired) electrons. The van der Waals surface area contributed by atoms with Crippen LogP contribution >= 0.6 is 0 Å². The molecule has 4 N–H and O–H groups in total. The first-order valence-electron chi connectivity index (χ1n) is 14.2. The van der Waals surface area contributed by atoms with E-state index in [9.17, 15) is 23.1 Å². The minimum absolute atomic E-state index is 0.0139. The van der Waals surface area contributed by atoms with Crippen molar-refractivity contribution in [3.63, 3.8) is 0 Å².